The number of aliphatic hydroxyl groups is 1. The summed E-state index contributed by atoms with van der Waals surface area (Å²) in [7, 11) is 0. The molecule has 1 unspecified atom stereocenters. The molecule has 0 bridgehead atoms. The van der Waals surface area contributed by atoms with Crippen LogP contribution in [0.5, 0.6) is 5.75 Å². The lowest BCUT2D eigenvalue weighted by molar-refractivity contribution is 0.0999. The van der Waals surface area contributed by atoms with Crippen LogP contribution < -0.4 is 10.5 Å². The maximum Gasteiger partial charge on any atom is 0.277 e. The second-order valence-corrected chi connectivity index (χ2v) is 7.94. The zero-order valence-electron chi connectivity index (χ0n) is 15.8. The molecule has 2 aromatic heterocycles. The molecule has 0 saturated carbocycles. The van der Waals surface area contributed by atoms with Gasteiger partial charge >= 0.3 is 0 Å². The predicted octanol–water partition coefficient (Wildman–Crippen LogP) is 2.45. The van der Waals surface area contributed by atoms with Crippen molar-refractivity contribution in [2.75, 3.05) is 6.61 Å². The van der Waals surface area contributed by atoms with Gasteiger partial charge in [0.05, 0.1) is 12.3 Å². The Hall–Kier alpha value is -3.28. The first-order chi connectivity index (χ1) is 13.8. The van der Waals surface area contributed by atoms with Crippen molar-refractivity contribution in [3.05, 3.63) is 57.9 Å². The Kier molecular flexibility index (Phi) is 4.78. The van der Waals surface area contributed by atoms with Crippen molar-refractivity contribution in [3.8, 4) is 28.8 Å². The maximum atomic E-state index is 11.6. The Bertz CT molecular complexity index is 1150. The highest BCUT2D eigenvalue weighted by atomic mass is 32.1. The lowest BCUT2D eigenvalue weighted by Crippen LogP contribution is -2.21. The first kappa shape index (κ1) is 19.1. The molecule has 1 aromatic carbocycles. The van der Waals surface area contributed by atoms with Crippen LogP contribution in [0.15, 0.2) is 36.7 Å². The van der Waals surface area contributed by atoms with Gasteiger partial charge in [-0.25, -0.2) is 15.0 Å². The van der Waals surface area contributed by atoms with Gasteiger partial charge in [0.2, 0.25) is 0 Å². The van der Waals surface area contributed by atoms with Crippen molar-refractivity contribution in [1.82, 2.24) is 15.0 Å². The van der Waals surface area contributed by atoms with E-state index in [1.807, 2.05) is 25.1 Å². The van der Waals surface area contributed by atoms with Crippen LogP contribution in [0.25, 0.3) is 11.3 Å². The van der Waals surface area contributed by atoms with E-state index >= 15 is 0 Å². The standard InChI is InChI=1S/C21H18N4O3S/c1-12-11-28-15-5-4-13(6-7-21(2,27)20-23-8-3-9-24-20)10-14(15)16-17(12)29-19(25-16)18(22)26/h3-5,8-10,12,27H,11H2,1-2H3,(H2,22,26)/t12?,21-/m0/s1. The molecule has 0 radical (unpaired) electrons. The largest absolute Gasteiger partial charge is 0.492 e. The molecule has 0 fully saturated rings. The van der Waals surface area contributed by atoms with Crippen LogP contribution in [0.3, 0.4) is 0 Å². The van der Waals surface area contributed by atoms with Crippen LogP contribution in [0.2, 0.25) is 0 Å². The zero-order chi connectivity index (χ0) is 20.6. The number of aromatic nitrogens is 3. The number of nitrogens with zero attached hydrogens (tertiary/aromatic N) is 3. The summed E-state index contributed by atoms with van der Waals surface area (Å²) in [5.74, 6) is 6.22. The van der Waals surface area contributed by atoms with Gasteiger partial charge in [-0.05, 0) is 31.2 Å². The number of ether oxygens (including phenoxy) is 1. The minimum absolute atomic E-state index is 0.0773. The monoisotopic (exact) mass is 406 g/mol. The summed E-state index contributed by atoms with van der Waals surface area (Å²) in [5.41, 5.74) is 6.03. The van der Waals surface area contributed by atoms with Gasteiger partial charge < -0.3 is 15.6 Å². The summed E-state index contributed by atoms with van der Waals surface area (Å²) in [5, 5.41) is 10.9. The van der Waals surface area contributed by atoms with Crippen molar-refractivity contribution >= 4 is 17.2 Å². The minimum Gasteiger partial charge on any atom is -0.492 e. The van der Waals surface area contributed by atoms with Gasteiger partial charge in [0.15, 0.2) is 16.4 Å². The van der Waals surface area contributed by atoms with Crippen molar-refractivity contribution in [1.29, 1.82) is 0 Å². The number of rotatable bonds is 2. The SMILES string of the molecule is CC1COc2ccc(C#C[C@](C)(O)c3ncccn3)cc2-c2nc(C(N)=O)sc21. The molecule has 7 nitrogen and oxygen atoms in total. The Morgan fingerprint density at radius 3 is 2.86 bits per heavy atom. The number of hydrogen-bond acceptors (Lipinski definition) is 7. The predicted molar refractivity (Wildman–Crippen MR) is 108 cm³/mol. The lowest BCUT2D eigenvalue weighted by Gasteiger charge is -2.13. The molecule has 3 N–H and O–H groups in total. The van der Waals surface area contributed by atoms with E-state index in [1.54, 1.807) is 25.4 Å². The Labute approximate surface area is 171 Å². The van der Waals surface area contributed by atoms with Crippen LogP contribution in [-0.4, -0.2) is 32.6 Å². The third-order valence-electron chi connectivity index (χ3n) is 4.49. The molecule has 1 aliphatic heterocycles. The summed E-state index contributed by atoms with van der Waals surface area (Å²) in [6.07, 6.45) is 3.11. The van der Waals surface area contributed by atoms with E-state index in [4.69, 9.17) is 10.5 Å². The molecule has 29 heavy (non-hydrogen) atoms. The van der Waals surface area contributed by atoms with Crippen LogP contribution in [0.4, 0.5) is 0 Å². The highest BCUT2D eigenvalue weighted by Gasteiger charge is 2.27. The maximum absolute atomic E-state index is 11.6. The number of carbonyl (C=O) groups is 1. The molecule has 2 atom stereocenters. The van der Waals surface area contributed by atoms with Gasteiger partial charge in [0.1, 0.15) is 5.75 Å². The van der Waals surface area contributed by atoms with E-state index < -0.39 is 11.5 Å². The summed E-state index contributed by atoms with van der Waals surface area (Å²) in [4.78, 5) is 25.1. The Balaban J connectivity index is 1.76. The van der Waals surface area contributed by atoms with Crippen LogP contribution in [0.1, 0.15) is 45.8 Å². The topological polar surface area (TPSA) is 111 Å². The fourth-order valence-corrected chi connectivity index (χ4v) is 3.94. The molecular formula is C21H18N4O3S. The average molecular weight is 406 g/mol. The number of amides is 1. The quantitative estimate of drug-likeness (QED) is 0.633. The number of benzene rings is 1. The Morgan fingerprint density at radius 1 is 1.38 bits per heavy atom. The van der Waals surface area contributed by atoms with Crippen molar-refractivity contribution in [2.45, 2.75) is 25.4 Å². The van der Waals surface area contributed by atoms with Crippen molar-refractivity contribution in [3.63, 3.8) is 0 Å². The van der Waals surface area contributed by atoms with Crippen LogP contribution in [-0.2, 0) is 5.60 Å². The first-order valence-electron chi connectivity index (χ1n) is 8.96. The average Bonchev–Trinajstić information content (AvgIpc) is 3.12. The van der Waals surface area contributed by atoms with E-state index in [0.717, 1.165) is 10.4 Å². The number of thiazole rings is 1. The summed E-state index contributed by atoms with van der Waals surface area (Å²) >= 11 is 1.29. The fraction of sp³-hybridized carbons (Fsp3) is 0.238. The molecular weight excluding hydrogens is 388 g/mol. The molecule has 3 aromatic rings. The highest BCUT2D eigenvalue weighted by molar-refractivity contribution is 7.14. The second kappa shape index (κ2) is 7.28. The molecule has 1 aliphatic rings. The smallest absolute Gasteiger partial charge is 0.277 e. The second-order valence-electron chi connectivity index (χ2n) is 6.91. The van der Waals surface area contributed by atoms with E-state index in [-0.39, 0.29) is 16.7 Å². The normalized spacial score (nSPS) is 16.9. The number of nitrogens with two attached hydrogens (primary N) is 1. The molecule has 146 valence electrons. The number of hydrogen-bond donors (Lipinski definition) is 2. The molecule has 8 heteroatoms. The summed E-state index contributed by atoms with van der Waals surface area (Å²) in [6, 6.07) is 7.14. The van der Waals surface area contributed by atoms with Crippen molar-refractivity contribution < 1.29 is 14.6 Å². The fourth-order valence-electron chi connectivity index (χ4n) is 2.97. The number of fused-ring (bicyclic) bond motifs is 3. The number of primary amides is 1. The first-order valence-corrected chi connectivity index (χ1v) is 9.77. The molecule has 0 spiro atoms. The minimum atomic E-state index is -1.50. The van der Waals surface area contributed by atoms with Gasteiger partial charge in [-0.3, -0.25) is 4.79 Å². The number of carbonyl (C=O) groups excluding carboxylic acids is 1. The van der Waals surface area contributed by atoms with Crippen LogP contribution in [0, 0.1) is 11.8 Å². The highest BCUT2D eigenvalue weighted by Crippen LogP contribution is 2.41. The molecule has 0 aliphatic carbocycles. The molecule has 3 heterocycles. The van der Waals surface area contributed by atoms with E-state index in [9.17, 15) is 9.90 Å². The Morgan fingerprint density at radius 2 is 2.14 bits per heavy atom. The third kappa shape index (κ3) is 3.70. The molecule has 1 amide bonds. The van der Waals surface area contributed by atoms with Gasteiger partial charge in [0.25, 0.3) is 5.91 Å². The van der Waals surface area contributed by atoms with E-state index in [0.29, 0.717) is 23.6 Å². The van der Waals surface area contributed by atoms with Gasteiger partial charge in [0, 0.05) is 34.3 Å². The lowest BCUT2D eigenvalue weighted by atomic mass is 10.0. The van der Waals surface area contributed by atoms with Crippen molar-refractivity contribution in [2.24, 2.45) is 5.73 Å². The zero-order valence-corrected chi connectivity index (χ0v) is 16.7. The molecule has 4 rings (SSSR count). The van der Waals surface area contributed by atoms with E-state index in [1.165, 1.54) is 11.3 Å². The van der Waals surface area contributed by atoms with Crippen LogP contribution >= 0.6 is 11.3 Å². The third-order valence-corrected chi connectivity index (χ3v) is 5.79. The van der Waals surface area contributed by atoms with E-state index in [2.05, 4.69) is 26.8 Å². The van der Waals surface area contributed by atoms with Gasteiger partial charge in [-0.1, -0.05) is 18.8 Å². The molecule has 0 saturated heterocycles. The summed E-state index contributed by atoms with van der Waals surface area (Å²) in [6.45, 7) is 4.04. The van der Waals surface area contributed by atoms with Gasteiger partial charge in [-0.2, -0.15) is 0 Å². The van der Waals surface area contributed by atoms with Gasteiger partial charge in [-0.15, -0.1) is 11.3 Å². The summed E-state index contributed by atoms with van der Waals surface area (Å²) < 4.78 is 5.90.